The van der Waals surface area contributed by atoms with Crippen LogP contribution >= 0.6 is 27.3 Å². The highest BCUT2D eigenvalue weighted by Crippen LogP contribution is 2.31. The Hall–Kier alpha value is -1.27. The van der Waals surface area contributed by atoms with E-state index in [4.69, 9.17) is 4.74 Å². The first-order valence-electron chi connectivity index (χ1n) is 5.72. The third kappa shape index (κ3) is 3.61. The van der Waals surface area contributed by atoms with Crippen LogP contribution in [0.3, 0.4) is 0 Å². The van der Waals surface area contributed by atoms with E-state index in [1.54, 1.807) is 0 Å². The number of nitrogens with zero attached hydrogens (tertiary/aromatic N) is 2. The maximum atomic E-state index is 11.6. The van der Waals surface area contributed by atoms with Crippen molar-refractivity contribution in [3.05, 3.63) is 44.3 Å². The molecule has 1 aromatic carbocycles. The number of hydrogen-bond donors (Lipinski definition) is 0. The van der Waals surface area contributed by atoms with Gasteiger partial charge in [0.2, 0.25) is 0 Å². The van der Waals surface area contributed by atoms with Gasteiger partial charge in [-0.2, -0.15) is 0 Å². The molecule has 0 aliphatic heterocycles. The fourth-order valence-corrected chi connectivity index (χ4v) is 3.02. The van der Waals surface area contributed by atoms with E-state index in [2.05, 4.69) is 26.1 Å². The Kier molecular flexibility index (Phi) is 4.66. The van der Waals surface area contributed by atoms with E-state index < -0.39 is 0 Å². The van der Waals surface area contributed by atoms with Crippen LogP contribution in [0.15, 0.2) is 28.7 Å². The molecule has 1 heterocycles. The molecule has 1 aromatic heterocycles. The number of carbonyl (C=O) groups is 1. The van der Waals surface area contributed by atoms with Crippen LogP contribution < -0.4 is 0 Å². The van der Waals surface area contributed by atoms with Crippen molar-refractivity contribution in [2.24, 2.45) is 0 Å². The monoisotopic (exact) mass is 340 g/mol. The second kappa shape index (κ2) is 6.25. The Morgan fingerprint density at radius 2 is 2.26 bits per heavy atom. The van der Waals surface area contributed by atoms with E-state index in [0.29, 0.717) is 0 Å². The fraction of sp³-hybridized carbons (Fsp3) is 0.308. The van der Waals surface area contributed by atoms with E-state index >= 15 is 0 Å². The predicted octanol–water partition coefficient (Wildman–Crippen LogP) is 3.30. The van der Waals surface area contributed by atoms with Gasteiger partial charge in [0.05, 0.1) is 13.5 Å². The lowest BCUT2D eigenvalue weighted by Gasteiger charge is -2.13. The van der Waals surface area contributed by atoms with Gasteiger partial charge in [0.25, 0.3) is 0 Å². The van der Waals surface area contributed by atoms with Crippen molar-refractivity contribution < 1.29 is 9.53 Å². The number of aromatic nitrogens is 2. The van der Waals surface area contributed by atoms with E-state index in [9.17, 15) is 4.79 Å². The lowest BCUT2D eigenvalue weighted by Crippen LogP contribution is -2.10. The highest BCUT2D eigenvalue weighted by molar-refractivity contribution is 9.10. The fourth-order valence-electron chi connectivity index (χ4n) is 1.77. The lowest BCUT2D eigenvalue weighted by molar-refractivity contribution is -0.140. The molecule has 1 atom stereocenters. The van der Waals surface area contributed by atoms with Gasteiger partial charge < -0.3 is 4.74 Å². The second-order valence-corrected chi connectivity index (χ2v) is 6.18. The summed E-state index contributed by atoms with van der Waals surface area (Å²) in [5, 5.41) is 9.90. The summed E-state index contributed by atoms with van der Waals surface area (Å²) < 4.78 is 5.74. The normalized spacial score (nSPS) is 12.2. The minimum Gasteiger partial charge on any atom is -0.469 e. The topological polar surface area (TPSA) is 52.1 Å². The van der Waals surface area contributed by atoms with Crippen molar-refractivity contribution in [1.29, 1.82) is 0 Å². The first kappa shape index (κ1) is 14.1. The Morgan fingerprint density at radius 1 is 1.47 bits per heavy atom. The number of halogens is 1. The molecule has 0 fully saturated rings. The Labute approximate surface area is 124 Å². The molecule has 2 aromatic rings. The highest BCUT2D eigenvalue weighted by Gasteiger charge is 2.22. The van der Waals surface area contributed by atoms with Gasteiger partial charge in [0.15, 0.2) is 0 Å². The average Bonchev–Trinajstić information content (AvgIpc) is 2.82. The molecule has 0 amide bonds. The molecule has 0 bridgehead atoms. The standard InChI is InChI=1S/C13H13BrN2O2S/c1-8-15-16-13(19-8)11(7-12(17)18-2)9-4-3-5-10(14)6-9/h3-6,11H,7H2,1-2H3. The zero-order valence-electron chi connectivity index (χ0n) is 10.6. The van der Waals surface area contributed by atoms with Crippen molar-refractivity contribution >= 4 is 33.2 Å². The minimum atomic E-state index is -0.252. The molecule has 0 aliphatic rings. The van der Waals surface area contributed by atoms with Crippen LogP contribution in [0.1, 0.15) is 27.9 Å². The van der Waals surface area contributed by atoms with Crippen LogP contribution in [0.2, 0.25) is 0 Å². The molecular formula is C13H13BrN2O2S. The number of ether oxygens (including phenoxy) is 1. The Morgan fingerprint density at radius 3 is 2.84 bits per heavy atom. The van der Waals surface area contributed by atoms with Crippen LogP contribution in [0.25, 0.3) is 0 Å². The van der Waals surface area contributed by atoms with Crippen LogP contribution in [-0.4, -0.2) is 23.3 Å². The van der Waals surface area contributed by atoms with Gasteiger partial charge >= 0.3 is 5.97 Å². The van der Waals surface area contributed by atoms with Crippen molar-refractivity contribution in [2.75, 3.05) is 7.11 Å². The molecule has 0 saturated carbocycles. The van der Waals surface area contributed by atoms with Crippen LogP contribution in [-0.2, 0) is 9.53 Å². The third-order valence-electron chi connectivity index (χ3n) is 2.69. The van der Waals surface area contributed by atoms with Gasteiger partial charge in [-0.1, -0.05) is 28.1 Å². The maximum Gasteiger partial charge on any atom is 0.306 e. The first-order chi connectivity index (χ1) is 9.10. The number of benzene rings is 1. The summed E-state index contributed by atoms with van der Waals surface area (Å²) in [6.45, 7) is 1.90. The van der Waals surface area contributed by atoms with Crippen molar-refractivity contribution in [2.45, 2.75) is 19.3 Å². The molecule has 0 radical (unpaired) electrons. The highest BCUT2D eigenvalue weighted by atomic mass is 79.9. The number of hydrogen-bond acceptors (Lipinski definition) is 5. The van der Waals surface area contributed by atoms with E-state index in [0.717, 1.165) is 20.1 Å². The SMILES string of the molecule is COC(=O)CC(c1cccc(Br)c1)c1nnc(C)s1. The number of rotatable bonds is 4. The summed E-state index contributed by atoms with van der Waals surface area (Å²) >= 11 is 4.95. The van der Waals surface area contributed by atoms with Gasteiger partial charge in [-0.25, -0.2) is 0 Å². The summed E-state index contributed by atoms with van der Waals surface area (Å²) in [5.74, 6) is -0.367. The molecule has 19 heavy (non-hydrogen) atoms. The van der Waals surface area contributed by atoms with E-state index in [1.807, 2.05) is 31.2 Å². The number of methoxy groups -OCH3 is 1. The molecule has 2 rings (SSSR count). The summed E-state index contributed by atoms with van der Waals surface area (Å²) in [6.07, 6.45) is 0.265. The quantitative estimate of drug-likeness (QED) is 0.801. The molecule has 100 valence electrons. The zero-order chi connectivity index (χ0) is 13.8. The molecule has 1 unspecified atom stereocenters. The van der Waals surface area contributed by atoms with Gasteiger partial charge in [-0.3, -0.25) is 4.79 Å². The summed E-state index contributed by atoms with van der Waals surface area (Å²) in [4.78, 5) is 11.6. The molecule has 0 spiro atoms. The number of esters is 1. The second-order valence-electron chi connectivity index (χ2n) is 4.05. The van der Waals surface area contributed by atoms with Gasteiger partial charge in [0.1, 0.15) is 10.0 Å². The smallest absolute Gasteiger partial charge is 0.306 e. The van der Waals surface area contributed by atoms with Crippen molar-refractivity contribution in [1.82, 2.24) is 10.2 Å². The van der Waals surface area contributed by atoms with E-state index in [1.165, 1.54) is 18.4 Å². The lowest BCUT2D eigenvalue weighted by atomic mass is 9.96. The molecule has 0 N–H and O–H groups in total. The summed E-state index contributed by atoms with van der Waals surface area (Å²) in [7, 11) is 1.39. The van der Waals surface area contributed by atoms with Crippen molar-refractivity contribution in [3.63, 3.8) is 0 Å². The molecule has 0 aliphatic carbocycles. The van der Waals surface area contributed by atoms with Crippen LogP contribution in [0.4, 0.5) is 0 Å². The Bertz CT molecular complexity index is 586. The molecule has 0 saturated heterocycles. The molecule has 4 nitrogen and oxygen atoms in total. The van der Waals surface area contributed by atoms with E-state index in [-0.39, 0.29) is 18.3 Å². The molecule has 6 heteroatoms. The average molecular weight is 341 g/mol. The maximum absolute atomic E-state index is 11.6. The number of carbonyl (C=O) groups excluding carboxylic acids is 1. The van der Waals surface area contributed by atoms with Gasteiger partial charge in [-0.05, 0) is 24.6 Å². The molecular weight excluding hydrogens is 328 g/mol. The number of aryl methyl sites for hydroxylation is 1. The van der Waals surface area contributed by atoms with Crippen LogP contribution in [0, 0.1) is 6.92 Å². The zero-order valence-corrected chi connectivity index (χ0v) is 13.0. The first-order valence-corrected chi connectivity index (χ1v) is 7.33. The van der Waals surface area contributed by atoms with Crippen LogP contribution in [0.5, 0.6) is 0 Å². The third-order valence-corrected chi connectivity index (χ3v) is 4.13. The Balaban J connectivity index is 2.36. The van der Waals surface area contributed by atoms with Gasteiger partial charge in [0, 0.05) is 10.4 Å². The minimum absolute atomic E-state index is 0.115. The summed E-state index contributed by atoms with van der Waals surface area (Å²) in [5.41, 5.74) is 1.02. The van der Waals surface area contributed by atoms with Crippen molar-refractivity contribution in [3.8, 4) is 0 Å². The summed E-state index contributed by atoms with van der Waals surface area (Å²) in [6, 6.07) is 7.86. The van der Waals surface area contributed by atoms with Gasteiger partial charge in [-0.15, -0.1) is 21.5 Å². The predicted molar refractivity (Wildman–Crippen MR) is 77.3 cm³/mol. The largest absolute Gasteiger partial charge is 0.469 e.